The standard InChI is InChI=1S/C14H11Cl2FS/c1-9-5-14(13(16)7-12(9)15)18-8-10-3-2-4-11(17)6-10/h2-7H,8H2,1H3. The van der Waals surface area contributed by atoms with Gasteiger partial charge in [-0.25, -0.2) is 4.39 Å². The van der Waals surface area contributed by atoms with E-state index in [1.165, 1.54) is 12.1 Å². The first-order valence-corrected chi connectivity index (χ1v) is 7.13. The van der Waals surface area contributed by atoms with Crippen LogP contribution in [0.1, 0.15) is 11.1 Å². The number of aryl methyl sites for hydroxylation is 1. The number of thioether (sulfide) groups is 1. The van der Waals surface area contributed by atoms with Gasteiger partial charge < -0.3 is 0 Å². The summed E-state index contributed by atoms with van der Waals surface area (Å²) in [6.45, 7) is 1.94. The highest BCUT2D eigenvalue weighted by Crippen LogP contribution is 2.33. The Labute approximate surface area is 120 Å². The van der Waals surface area contributed by atoms with Gasteiger partial charge in [-0.2, -0.15) is 0 Å². The molecule has 0 amide bonds. The third-order valence-corrected chi connectivity index (χ3v) is 4.45. The van der Waals surface area contributed by atoms with Crippen LogP contribution in [0.3, 0.4) is 0 Å². The van der Waals surface area contributed by atoms with E-state index in [-0.39, 0.29) is 5.82 Å². The van der Waals surface area contributed by atoms with E-state index in [2.05, 4.69) is 0 Å². The molecule has 0 atom stereocenters. The molecule has 0 saturated carbocycles. The Kier molecular flexibility index (Phi) is 4.55. The van der Waals surface area contributed by atoms with Crippen molar-refractivity contribution >= 4 is 35.0 Å². The molecular weight excluding hydrogens is 290 g/mol. The Hall–Kier alpha value is -0.700. The second-order valence-electron chi connectivity index (χ2n) is 3.95. The highest BCUT2D eigenvalue weighted by atomic mass is 35.5. The molecule has 18 heavy (non-hydrogen) atoms. The van der Waals surface area contributed by atoms with Gasteiger partial charge in [0.15, 0.2) is 0 Å². The molecule has 4 heteroatoms. The maximum Gasteiger partial charge on any atom is 0.123 e. The Balaban J connectivity index is 2.13. The molecule has 0 radical (unpaired) electrons. The second kappa shape index (κ2) is 5.96. The third kappa shape index (κ3) is 3.41. The Morgan fingerprint density at radius 2 is 1.89 bits per heavy atom. The van der Waals surface area contributed by atoms with Gasteiger partial charge >= 0.3 is 0 Å². The molecule has 0 bridgehead atoms. The molecule has 2 aromatic rings. The minimum Gasteiger partial charge on any atom is -0.207 e. The van der Waals surface area contributed by atoms with Crippen molar-refractivity contribution in [3.05, 3.63) is 63.4 Å². The maximum atomic E-state index is 13.0. The van der Waals surface area contributed by atoms with E-state index in [1.807, 2.05) is 19.1 Å². The highest BCUT2D eigenvalue weighted by molar-refractivity contribution is 7.98. The van der Waals surface area contributed by atoms with Gasteiger partial charge in [0.1, 0.15) is 5.82 Å². The van der Waals surface area contributed by atoms with Crippen LogP contribution in [-0.2, 0) is 5.75 Å². The number of rotatable bonds is 3. The molecule has 94 valence electrons. The lowest BCUT2D eigenvalue weighted by Gasteiger charge is -2.07. The predicted molar refractivity (Wildman–Crippen MR) is 77.2 cm³/mol. The summed E-state index contributed by atoms with van der Waals surface area (Å²) in [5.41, 5.74) is 1.92. The van der Waals surface area contributed by atoms with Crippen LogP contribution < -0.4 is 0 Å². The highest BCUT2D eigenvalue weighted by Gasteiger charge is 2.06. The van der Waals surface area contributed by atoms with Gasteiger partial charge in [0.2, 0.25) is 0 Å². The van der Waals surface area contributed by atoms with Crippen LogP contribution in [0, 0.1) is 12.7 Å². The molecule has 0 aliphatic rings. The number of hydrogen-bond donors (Lipinski definition) is 0. The topological polar surface area (TPSA) is 0 Å². The number of halogens is 3. The average Bonchev–Trinajstić information content (AvgIpc) is 2.32. The van der Waals surface area contributed by atoms with Crippen LogP contribution >= 0.6 is 35.0 Å². The molecule has 0 aliphatic heterocycles. The van der Waals surface area contributed by atoms with E-state index in [0.717, 1.165) is 16.0 Å². The SMILES string of the molecule is Cc1cc(SCc2cccc(F)c2)c(Cl)cc1Cl. The van der Waals surface area contributed by atoms with Crippen LogP contribution in [0.2, 0.25) is 10.0 Å². The summed E-state index contributed by atoms with van der Waals surface area (Å²) >= 11 is 13.7. The van der Waals surface area contributed by atoms with E-state index in [1.54, 1.807) is 23.9 Å². The summed E-state index contributed by atoms with van der Waals surface area (Å²) in [6.07, 6.45) is 0. The molecule has 0 saturated heterocycles. The maximum absolute atomic E-state index is 13.0. The van der Waals surface area contributed by atoms with Gasteiger partial charge in [0.05, 0.1) is 5.02 Å². The first-order valence-electron chi connectivity index (χ1n) is 5.39. The number of benzene rings is 2. The molecule has 0 spiro atoms. The lowest BCUT2D eigenvalue weighted by molar-refractivity contribution is 0.626. The molecule has 0 N–H and O–H groups in total. The summed E-state index contributed by atoms with van der Waals surface area (Å²) in [7, 11) is 0. The van der Waals surface area contributed by atoms with Gasteiger partial charge in [0.25, 0.3) is 0 Å². The fraction of sp³-hybridized carbons (Fsp3) is 0.143. The third-order valence-electron chi connectivity index (χ3n) is 2.50. The van der Waals surface area contributed by atoms with Crippen LogP contribution in [0.5, 0.6) is 0 Å². The largest absolute Gasteiger partial charge is 0.207 e. The van der Waals surface area contributed by atoms with Crippen molar-refractivity contribution in [1.82, 2.24) is 0 Å². The smallest absolute Gasteiger partial charge is 0.123 e. The Morgan fingerprint density at radius 3 is 2.61 bits per heavy atom. The van der Waals surface area contributed by atoms with Crippen molar-refractivity contribution in [2.75, 3.05) is 0 Å². The van der Waals surface area contributed by atoms with E-state index in [9.17, 15) is 4.39 Å². The van der Waals surface area contributed by atoms with E-state index >= 15 is 0 Å². The average molecular weight is 301 g/mol. The van der Waals surface area contributed by atoms with Crippen molar-refractivity contribution in [2.45, 2.75) is 17.6 Å². The zero-order valence-corrected chi connectivity index (χ0v) is 12.0. The summed E-state index contributed by atoms with van der Waals surface area (Å²) < 4.78 is 13.0. The molecular formula is C14H11Cl2FS. The minimum absolute atomic E-state index is 0.216. The van der Waals surface area contributed by atoms with Gasteiger partial charge in [-0.15, -0.1) is 11.8 Å². The molecule has 2 rings (SSSR count). The fourth-order valence-corrected chi connectivity index (χ4v) is 3.03. The molecule has 0 fully saturated rings. The second-order valence-corrected chi connectivity index (χ2v) is 5.78. The van der Waals surface area contributed by atoms with E-state index in [0.29, 0.717) is 15.8 Å². The molecule has 0 aromatic heterocycles. The summed E-state index contributed by atoms with van der Waals surface area (Å²) in [4.78, 5) is 0.961. The van der Waals surface area contributed by atoms with Crippen LogP contribution in [0.25, 0.3) is 0 Å². The Morgan fingerprint density at radius 1 is 1.11 bits per heavy atom. The van der Waals surface area contributed by atoms with Gasteiger partial charge in [-0.05, 0) is 42.3 Å². The van der Waals surface area contributed by atoms with E-state index < -0.39 is 0 Å². The van der Waals surface area contributed by atoms with Crippen molar-refractivity contribution in [3.8, 4) is 0 Å². The van der Waals surface area contributed by atoms with Crippen LogP contribution in [0.15, 0.2) is 41.3 Å². The lowest BCUT2D eigenvalue weighted by atomic mass is 10.2. The predicted octanol–water partition coefficient (Wildman–Crippen LogP) is 5.73. The van der Waals surface area contributed by atoms with E-state index in [4.69, 9.17) is 23.2 Å². The molecule has 2 aromatic carbocycles. The van der Waals surface area contributed by atoms with Crippen molar-refractivity contribution in [3.63, 3.8) is 0 Å². The first-order chi connectivity index (χ1) is 8.56. The first kappa shape index (κ1) is 13.7. The van der Waals surface area contributed by atoms with Crippen molar-refractivity contribution in [1.29, 1.82) is 0 Å². The lowest BCUT2D eigenvalue weighted by Crippen LogP contribution is -1.85. The quantitative estimate of drug-likeness (QED) is 0.652. The molecule has 0 heterocycles. The molecule has 0 nitrogen and oxygen atoms in total. The van der Waals surface area contributed by atoms with Crippen molar-refractivity contribution in [2.24, 2.45) is 0 Å². The van der Waals surface area contributed by atoms with Crippen LogP contribution in [-0.4, -0.2) is 0 Å². The zero-order chi connectivity index (χ0) is 13.1. The summed E-state index contributed by atoms with van der Waals surface area (Å²) in [5.74, 6) is 0.463. The molecule has 0 aliphatic carbocycles. The van der Waals surface area contributed by atoms with Gasteiger partial charge in [-0.1, -0.05) is 35.3 Å². The molecule has 0 unspecified atom stereocenters. The monoisotopic (exact) mass is 300 g/mol. The van der Waals surface area contributed by atoms with Gasteiger partial charge in [-0.3, -0.25) is 0 Å². The number of hydrogen-bond acceptors (Lipinski definition) is 1. The zero-order valence-electron chi connectivity index (χ0n) is 9.71. The Bertz CT molecular complexity index is 570. The van der Waals surface area contributed by atoms with Crippen molar-refractivity contribution < 1.29 is 4.39 Å². The minimum atomic E-state index is -0.216. The summed E-state index contributed by atoms with van der Waals surface area (Å²) in [6, 6.07) is 10.3. The fourth-order valence-electron chi connectivity index (χ4n) is 1.53. The van der Waals surface area contributed by atoms with Crippen LogP contribution in [0.4, 0.5) is 4.39 Å². The normalized spacial score (nSPS) is 10.7. The summed E-state index contributed by atoms with van der Waals surface area (Å²) in [5, 5.41) is 1.29. The van der Waals surface area contributed by atoms with Gasteiger partial charge in [0, 0.05) is 15.7 Å².